The molecule has 6 nitrogen and oxygen atoms in total. The fraction of sp³-hybridized carbons (Fsp3) is 0.278. The van der Waals surface area contributed by atoms with E-state index in [2.05, 4.69) is 83.0 Å². The zero-order chi connectivity index (χ0) is 29.4. The highest BCUT2D eigenvalue weighted by atomic mass is 32.2. The molecule has 4 aromatic carbocycles. The van der Waals surface area contributed by atoms with Crippen LogP contribution in [0.3, 0.4) is 0 Å². The van der Waals surface area contributed by atoms with Gasteiger partial charge in [-0.2, -0.15) is 4.31 Å². The van der Waals surface area contributed by atoms with Gasteiger partial charge in [-0.05, 0) is 64.9 Å². The average molecular weight is 592 g/mol. The van der Waals surface area contributed by atoms with Gasteiger partial charge in [0.25, 0.3) is 0 Å². The van der Waals surface area contributed by atoms with Crippen LogP contribution < -0.4 is 10.1 Å². The number of nitrogens with zero attached hydrogens (tertiary/aromatic N) is 2. The third-order valence-electron chi connectivity index (χ3n) is 9.29. The molecule has 1 aliphatic carbocycles. The van der Waals surface area contributed by atoms with Crippen LogP contribution in [0.15, 0.2) is 120 Å². The van der Waals surface area contributed by atoms with Crippen molar-refractivity contribution in [2.45, 2.75) is 29.3 Å². The molecule has 0 amide bonds. The molecule has 0 bridgehead atoms. The molecule has 0 saturated carbocycles. The zero-order valence-corrected chi connectivity index (χ0v) is 25.2. The summed E-state index contributed by atoms with van der Waals surface area (Å²) in [4.78, 5) is 2.78. The molecule has 1 saturated heterocycles. The van der Waals surface area contributed by atoms with Gasteiger partial charge in [-0.3, -0.25) is 4.90 Å². The Morgan fingerprint density at radius 3 is 2.19 bits per heavy atom. The Labute approximate surface area is 254 Å². The van der Waals surface area contributed by atoms with Crippen LogP contribution in [0.4, 0.5) is 5.69 Å². The lowest BCUT2D eigenvalue weighted by Crippen LogP contribution is -2.49. The standard InChI is InChI=1S/C36H37N3O3S/c1-42-29-15-8-14-28(24-29)35-32-17-9-16-31(32)33-25-30(18-19-34(33)37-35)43(40,41)39-22-20-38(21-23-39)36(26-10-4-2-5-11-26)27-12-6-3-7-13-27/h2-16,18-19,24-25,31-32,35-37H,17,20-23H2,1H3. The Morgan fingerprint density at radius 1 is 0.814 bits per heavy atom. The van der Waals surface area contributed by atoms with Gasteiger partial charge in [0, 0.05) is 37.8 Å². The molecule has 1 N–H and O–H groups in total. The summed E-state index contributed by atoms with van der Waals surface area (Å²) in [6.45, 7) is 2.24. The highest BCUT2D eigenvalue weighted by Crippen LogP contribution is 2.50. The van der Waals surface area contributed by atoms with Gasteiger partial charge < -0.3 is 10.1 Å². The summed E-state index contributed by atoms with van der Waals surface area (Å²) in [6.07, 6.45) is 5.43. The molecular formula is C36H37N3O3S. The van der Waals surface area contributed by atoms with Crippen molar-refractivity contribution >= 4 is 15.7 Å². The second-order valence-electron chi connectivity index (χ2n) is 11.7. The normalized spacial score (nSPS) is 22.1. The Bertz CT molecular complexity index is 1680. The van der Waals surface area contributed by atoms with Crippen molar-refractivity contribution in [3.05, 3.63) is 138 Å². The van der Waals surface area contributed by atoms with Gasteiger partial charge in [0.1, 0.15) is 5.75 Å². The lowest BCUT2D eigenvalue weighted by atomic mass is 9.77. The fourth-order valence-electron chi connectivity index (χ4n) is 7.13. The van der Waals surface area contributed by atoms with E-state index in [9.17, 15) is 8.42 Å². The third kappa shape index (κ3) is 5.26. The van der Waals surface area contributed by atoms with Crippen LogP contribution >= 0.6 is 0 Å². The van der Waals surface area contributed by atoms with E-state index in [0.29, 0.717) is 37.0 Å². The first-order valence-corrected chi connectivity index (χ1v) is 16.5. The number of piperazine rings is 1. The monoisotopic (exact) mass is 591 g/mol. The van der Waals surface area contributed by atoms with Crippen molar-refractivity contribution in [1.29, 1.82) is 0 Å². The van der Waals surface area contributed by atoms with Gasteiger partial charge in [-0.15, -0.1) is 0 Å². The predicted octanol–water partition coefficient (Wildman–Crippen LogP) is 6.62. The number of hydrogen-bond acceptors (Lipinski definition) is 5. The molecule has 3 aliphatic rings. The number of benzene rings is 4. The van der Waals surface area contributed by atoms with Crippen LogP contribution in [0.5, 0.6) is 5.75 Å². The van der Waals surface area contributed by atoms with E-state index in [-0.39, 0.29) is 18.0 Å². The van der Waals surface area contributed by atoms with Crippen LogP contribution in [0.1, 0.15) is 46.7 Å². The number of fused-ring (bicyclic) bond motifs is 3. The average Bonchev–Trinajstić information content (AvgIpc) is 3.56. The molecule has 1 fully saturated rings. The number of ether oxygens (including phenoxy) is 1. The summed E-state index contributed by atoms with van der Waals surface area (Å²) in [5.74, 6) is 1.32. The highest BCUT2D eigenvalue weighted by molar-refractivity contribution is 7.89. The van der Waals surface area contributed by atoms with E-state index in [1.165, 1.54) is 16.7 Å². The fourth-order valence-corrected chi connectivity index (χ4v) is 8.59. The molecule has 2 aliphatic heterocycles. The maximum Gasteiger partial charge on any atom is 0.243 e. The van der Waals surface area contributed by atoms with Crippen molar-refractivity contribution in [1.82, 2.24) is 9.21 Å². The summed E-state index contributed by atoms with van der Waals surface area (Å²) >= 11 is 0. The van der Waals surface area contributed by atoms with Crippen molar-refractivity contribution in [3.8, 4) is 5.75 Å². The van der Waals surface area contributed by atoms with E-state index in [1.54, 1.807) is 17.5 Å². The smallest absolute Gasteiger partial charge is 0.243 e. The molecule has 220 valence electrons. The number of hydrogen-bond donors (Lipinski definition) is 1. The molecular weight excluding hydrogens is 554 g/mol. The van der Waals surface area contributed by atoms with Crippen molar-refractivity contribution in [3.63, 3.8) is 0 Å². The Hall–Kier alpha value is -3.91. The minimum Gasteiger partial charge on any atom is -0.497 e. The topological polar surface area (TPSA) is 61.9 Å². The molecule has 4 aromatic rings. The molecule has 2 heterocycles. The number of nitrogens with one attached hydrogen (secondary N) is 1. The Balaban J connectivity index is 1.12. The van der Waals surface area contributed by atoms with Gasteiger partial charge in [-0.1, -0.05) is 84.9 Å². The first-order chi connectivity index (χ1) is 21.0. The predicted molar refractivity (Wildman–Crippen MR) is 171 cm³/mol. The number of sulfonamides is 1. The van der Waals surface area contributed by atoms with E-state index >= 15 is 0 Å². The van der Waals surface area contributed by atoms with Gasteiger partial charge in [0.2, 0.25) is 10.0 Å². The Morgan fingerprint density at radius 2 is 1.51 bits per heavy atom. The first-order valence-electron chi connectivity index (χ1n) is 15.1. The van der Waals surface area contributed by atoms with Crippen LogP contribution in [-0.2, 0) is 10.0 Å². The minimum atomic E-state index is -3.64. The third-order valence-corrected chi connectivity index (χ3v) is 11.2. The van der Waals surface area contributed by atoms with Crippen molar-refractivity contribution < 1.29 is 13.2 Å². The van der Waals surface area contributed by atoms with E-state index < -0.39 is 10.0 Å². The maximum atomic E-state index is 14.0. The van der Waals surface area contributed by atoms with Crippen LogP contribution in [0, 0.1) is 5.92 Å². The number of rotatable bonds is 7. The van der Waals surface area contributed by atoms with Gasteiger partial charge >= 0.3 is 0 Å². The van der Waals surface area contributed by atoms with E-state index in [0.717, 1.165) is 23.4 Å². The molecule has 0 radical (unpaired) electrons. The largest absolute Gasteiger partial charge is 0.497 e. The first kappa shape index (κ1) is 27.9. The van der Waals surface area contributed by atoms with Gasteiger partial charge in [-0.25, -0.2) is 8.42 Å². The van der Waals surface area contributed by atoms with Crippen LogP contribution in [0.25, 0.3) is 0 Å². The van der Waals surface area contributed by atoms with Crippen molar-refractivity contribution in [2.75, 3.05) is 38.6 Å². The Kier molecular flexibility index (Phi) is 7.55. The lowest BCUT2D eigenvalue weighted by Gasteiger charge is -2.40. The molecule has 7 rings (SSSR count). The molecule has 7 heteroatoms. The number of allylic oxidation sites excluding steroid dienone is 2. The van der Waals surface area contributed by atoms with Crippen LogP contribution in [-0.4, -0.2) is 50.9 Å². The molecule has 43 heavy (non-hydrogen) atoms. The maximum absolute atomic E-state index is 14.0. The van der Waals surface area contributed by atoms with Crippen molar-refractivity contribution in [2.24, 2.45) is 5.92 Å². The molecule has 3 atom stereocenters. The second-order valence-corrected chi connectivity index (χ2v) is 13.6. The summed E-state index contributed by atoms with van der Waals surface area (Å²) in [5.41, 5.74) is 5.68. The highest BCUT2D eigenvalue weighted by Gasteiger charge is 2.39. The molecule has 3 unspecified atom stereocenters. The second kappa shape index (κ2) is 11.6. The van der Waals surface area contributed by atoms with E-state index in [1.807, 2.05) is 36.4 Å². The van der Waals surface area contributed by atoms with Crippen LogP contribution in [0.2, 0.25) is 0 Å². The van der Waals surface area contributed by atoms with E-state index in [4.69, 9.17) is 4.74 Å². The quantitative estimate of drug-likeness (QED) is 0.245. The zero-order valence-electron chi connectivity index (χ0n) is 24.3. The summed E-state index contributed by atoms with van der Waals surface area (Å²) in [5, 5.41) is 3.73. The molecule has 0 aromatic heterocycles. The molecule has 0 spiro atoms. The summed E-state index contributed by atoms with van der Waals surface area (Å²) in [6, 6.07) is 35.1. The summed E-state index contributed by atoms with van der Waals surface area (Å²) < 4.78 is 35.1. The summed E-state index contributed by atoms with van der Waals surface area (Å²) in [7, 11) is -1.95. The minimum absolute atomic E-state index is 0.0886. The number of anilines is 1. The van der Waals surface area contributed by atoms with Gasteiger partial charge in [0.05, 0.1) is 24.1 Å². The number of methoxy groups -OCH3 is 1. The lowest BCUT2D eigenvalue weighted by molar-refractivity contribution is 0.156. The SMILES string of the molecule is COc1cccc(C2Nc3ccc(S(=O)(=O)N4CCN(C(c5ccccc5)c5ccccc5)CC4)cc3C3C=CCC32)c1. The van der Waals surface area contributed by atoms with Gasteiger partial charge in [0.15, 0.2) is 0 Å².